The molecule has 1 amide bonds. The van der Waals surface area contributed by atoms with Crippen LogP contribution in [0.15, 0.2) is 30.3 Å². The normalized spacial score (nSPS) is 21.3. The molecule has 4 rings (SSSR count). The van der Waals surface area contributed by atoms with Gasteiger partial charge in [0.15, 0.2) is 9.84 Å². The minimum Gasteiger partial charge on any atom is -0.350 e. The standard InChI is InChI=1S/C19H22FN3O3S/c20-16-4-2-1-3-13(16)7-9-21-19(24)17-11-18(14-5-6-14)23(22-17)15-8-10-27(25,26)12-15/h1-4,11,14-15H,5-10,12H2,(H,21,24). The van der Waals surface area contributed by atoms with Crippen LogP contribution in [0.3, 0.4) is 0 Å². The first-order valence-electron chi connectivity index (χ1n) is 9.24. The Morgan fingerprint density at radius 1 is 1.26 bits per heavy atom. The SMILES string of the molecule is O=C(NCCc1ccccc1F)c1cc(C2CC2)n(C2CCS(=O)(=O)C2)n1. The number of carbonyl (C=O) groups excluding carboxylic acids is 1. The van der Waals surface area contributed by atoms with Crippen molar-refractivity contribution in [3.05, 3.63) is 53.1 Å². The second-order valence-electron chi connectivity index (χ2n) is 7.33. The summed E-state index contributed by atoms with van der Waals surface area (Å²) in [6, 6.07) is 8.08. The summed E-state index contributed by atoms with van der Waals surface area (Å²) in [5, 5.41) is 7.21. The number of benzene rings is 1. The quantitative estimate of drug-likeness (QED) is 0.819. The van der Waals surface area contributed by atoms with Crippen molar-refractivity contribution in [1.82, 2.24) is 15.1 Å². The van der Waals surface area contributed by atoms with Gasteiger partial charge in [0.2, 0.25) is 0 Å². The lowest BCUT2D eigenvalue weighted by atomic mass is 10.1. The van der Waals surface area contributed by atoms with Crippen LogP contribution < -0.4 is 5.32 Å². The second-order valence-corrected chi connectivity index (χ2v) is 9.56. The Hall–Kier alpha value is -2.22. The molecule has 0 bridgehead atoms. The molecular weight excluding hydrogens is 369 g/mol. The second kappa shape index (κ2) is 7.07. The van der Waals surface area contributed by atoms with E-state index in [2.05, 4.69) is 10.4 Å². The van der Waals surface area contributed by atoms with E-state index in [1.165, 1.54) is 6.07 Å². The first kappa shape index (κ1) is 18.2. The van der Waals surface area contributed by atoms with Gasteiger partial charge in [0.25, 0.3) is 5.91 Å². The minimum absolute atomic E-state index is 0.0861. The average molecular weight is 391 g/mol. The van der Waals surface area contributed by atoms with Crippen molar-refractivity contribution >= 4 is 15.7 Å². The van der Waals surface area contributed by atoms with Gasteiger partial charge in [-0.2, -0.15) is 5.10 Å². The smallest absolute Gasteiger partial charge is 0.271 e. The van der Waals surface area contributed by atoms with Crippen molar-refractivity contribution in [2.45, 2.75) is 37.6 Å². The number of rotatable bonds is 6. The van der Waals surface area contributed by atoms with Crippen molar-refractivity contribution in [3.63, 3.8) is 0 Å². The van der Waals surface area contributed by atoms with Gasteiger partial charge in [-0.1, -0.05) is 18.2 Å². The minimum atomic E-state index is -3.02. The number of aromatic nitrogens is 2. The van der Waals surface area contributed by atoms with Crippen LogP contribution in [0.2, 0.25) is 0 Å². The zero-order chi connectivity index (χ0) is 19.0. The van der Waals surface area contributed by atoms with Crippen LogP contribution >= 0.6 is 0 Å². The Morgan fingerprint density at radius 2 is 2.04 bits per heavy atom. The molecule has 6 nitrogen and oxygen atoms in total. The van der Waals surface area contributed by atoms with E-state index >= 15 is 0 Å². The summed E-state index contributed by atoms with van der Waals surface area (Å²) in [6.07, 6.45) is 3.02. The molecule has 2 heterocycles. The summed E-state index contributed by atoms with van der Waals surface area (Å²) < 4.78 is 39.0. The Kier molecular flexibility index (Phi) is 4.75. The van der Waals surface area contributed by atoms with Crippen molar-refractivity contribution in [2.75, 3.05) is 18.1 Å². The maximum atomic E-state index is 13.6. The first-order valence-corrected chi connectivity index (χ1v) is 11.1. The third kappa shape index (κ3) is 4.05. The van der Waals surface area contributed by atoms with Gasteiger partial charge in [0.05, 0.1) is 17.5 Å². The molecule has 144 valence electrons. The monoisotopic (exact) mass is 391 g/mol. The summed E-state index contributed by atoms with van der Waals surface area (Å²) >= 11 is 0. The lowest BCUT2D eigenvalue weighted by Crippen LogP contribution is -2.26. The van der Waals surface area contributed by atoms with Gasteiger partial charge in [-0.3, -0.25) is 9.48 Å². The number of hydrogen-bond donors (Lipinski definition) is 1. The lowest BCUT2D eigenvalue weighted by molar-refractivity contribution is 0.0948. The van der Waals surface area contributed by atoms with E-state index in [4.69, 9.17) is 0 Å². The predicted octanol–water partition coefficient (Wildman–Crippen LogP) is 2.23. The Morgan fingerprint density at radius 3 is 2.70 bits per heavy atom. The fourth-order valence-corrected chi connectivity index (χ4v) is 5.26. The molecular formula is C19H22FN3O3S. The molecule has 2 aliphatic rings. The molecule has 1 aliphatic carbocycles. The number of nitrogens with one attached hydrogen (secondary N) is 1. The van der Waals surface area contributed by atoms with E-state index in [0.29, 0.717) is 36.6 Å². The van der Waals surface area contributed by atoms with Gasteiger partial charge in [-0.25, -0.2) is 12.8 Å². The number of nitrogens with zero attached hydrogens (tertiary/aromatic N) is 2. The largest absolute Gasteiger partial charge is 0.350 e. The summed E-state index contributed by atoms with van der Waals surface area (Å²) in [4.78, 5) is 12.5. The molecule has 1 N–H and O–H groups in total. The molecule has 27 heavy (non-hydrogen) atoms. The third-order valence-electron chi connectivity index (χ3n) is 5.18. The van der Waals surface area contributed by atoms with Gasteiger partial charge < -0.3 is 5.32 Å². The van der Waals surface area contributed by atoms with Crippen molar-refractivity contribution in [3.8, 4) is 0 Å². The van der Waals surface area contributed by atoms with Crippen LogP contribution in [0.4, 0.5) is 4.39 Å². The molecule has 1 atom stereocenters. The first-order chi connectivity index (χ1) is 12.9. The molecule has 0 radical (unpaired) electrons. The summed E-state index contributed by atoms with van der Waals surface area (Å²) in [7, 11) is -3.02. The molecule has 1 saturated carbocycles. The highest BCUT2D eigenvalue weighted by molar-refractivity contribution is 7.91. The highest BCUT2D eigenvalue weighted by atomic mass is 32.2. The van der Waals surface area contributed by atoms with Gasteiger partial charge in [0.1, 0.15) is 11.5 Å². The van der Waals surface area contributed by atoms with E-state index in [1.54, 1.807) is 28.9 Å². The maximum Gasteiger partial charge on any atom is 0.271 e. The Bertz CT molecular complexity index is 966. The zero-order valence-corrected chi connectivity index (χ0v) is 15.7. The molecule has 1 unspecified atom stereocenters. The summed E-state index contributed by atoms with van der Waals surface area (Å²) in [6.45, 7) is 0.309. The van der Waals surface area contributed by atoms with E-state index in [1.807, 2.05) is 0 Å². The Balaban J connectivity index is 1.45. The zero-order valence-electron chi connectivity index (χ0n) is 14.9. The molecule has 8 heteroatoms. The van der Waals surface area contributed by atoms with Crippen LogP contribution in [-0.4, -0.2) is 42.2 Å². The van der Waals surface area contributed by atoms with Gasteiger partial charge >= 0.3 is 0 Å². The summed E-state index contributed by atoms with van der Waals surface area (Å²) in [5.74, 6) is 0.0252. The highest BCUT2D eigenvalue weighted by Gasteiger charge is 2.36. The van der Waals surface area contributed by atoms with E-state index in [9.17, 15) is 17.6 Å². The maximum absolute atomic E-state index is 13.6. The number of hydrogen-bond acceptors (Lipinski definition) is 4. The highest BCUT2D eigenvalue weighted by Crippen LogP contribution is 2.42. The number of carbonyl (C=O) groups is 1. The topological polar surface area (TPSA) is 81.1 Å². The van der Waals surface area contributed by atoms with Crippen molar-refractivity contribution < 1.29 is 17.6 Å². The predicted molar refractivity (Wildman–Crippen MR) is 98.9 cm³/mol. The van der Waals surface area contributed by atoms with Crippen LogP contribution in [0.25, 0.3) is 0 Å². The molecule has 1 saturated heterocycles. The molecule has 2 aromatic rings. The van der Waals surface area contributed by atoms with Crippen LogP contribution in [0.1, 0.15) is 53.0 Å². The number of sulfone groups is 1. The van der Waals surface area contributed by atoms with E-state index < -0.39 is 9.84 Å². The average Bonchev–Trinajstić information content (AvgIpc) is 3.27. The van der Waals surface area contributed by atoms with Gasteiger partial charge in [0, 0.05) is 18.2 Å². The van der Waals surface area contributed by atoms with Gasteiger partial charge in [-0.05, 0) is 43.4 Å². The molecule has 2 fully saturated rings. The van der Waals surface area contributed by atoms with Crippen LogP contribution in [0.5, 0.6) is 0 Å². The van der Waals surface area contributed by atoms with E-state index in [0.717, 1.165) is 18.5 Å². The van der Waals surface area contributed by atoms with Crippen LogP contribution in [-0.2, 0) is 16.3 Å². The fraction of sp³-hybridized carbons (Fsp3) is 0.474. The van der Waals surface area contributed by atoms with Crippen LogP contribution in [0, 0.1) is 5.82 Å². The van der Waals surface area contributed by atoms with Gasteiger partial charge in [-0.15, -0.1) is 0 Å². The number of amides is 1. The fourth-order valence-electron chi connectivity index (χ4n) is 3.57. The van der Waals surface area contributed by atoms with Crippen molar-refractivity contribution in [2.24, 2.45) is 0 Å². The molecule has 1 aromatic carbocycles. The Labute approximate surface area is 157 Å². The number of halogens is 1. The third-order valence-corrected chi connectivity index (χ3v) is 6.94. The molecule has 0 spiro atoms. The van der Waals surface area contributed by atoms with E-state index in [-0.39, 0.29) is 29.3 Å². The summed E-state index contributed by atoms with van der Waals surface area (Å²) in [5.41, 5.74) is 1.81. The van der Waals surface area contributed by atoms with Crippen molar-refractivity contribution in [1.29, 1.82) is 0 Å². The molecule has 1 aliphatic heterocycles. The molecule has 1 aromatic heterocycles. The lowest BCUT2D eigenvalue weighted by Gasteiger charge is -2.12.